The van der Waals surface area contributed by atoms with Crippen LogP contribution >= 0.6 is 0 Å². The van der Waals surface area contributed by atoms with Gasteiger partial charge in [-0.2, -0.15) is 10.1 Å². The highest BCUT2D eigenvalue weighted by molar-refractivity contribution is 5.63. The van der Waals surface area contributed by atoms with E-state index in [-0.39, 0.29) is 0 Å². The van der Waals surface area contributed by atoms with E-state index in [1.165, 1.54) is 30.4 Å². The number of nitrogens with zero attached hydrogens (tertiary/aromatic N) is 4. The molecule has 0 atom stereocenters. The predicted molar refractivity (Wildman–Crippen MR) is 89.7 cm³/mol. The van der Waals surface area contributed by atoms with Crippen molar-refractivity contribution in [1.29, 1.82) is 0 Å². The fraction of sp³-hybridized carbons (Fsp3) is 0.471. The minimum Gasteiger partial charge on any atom is -0.355 e. The van der Waals surface area contributed by atoms with Gasteiger partial charge in [0.1, 0.15) is 0 Å². The van der Waals surface area contributed by atoms with E-state index in [4.69, 9.17) is 0 Å². The van der Waals surface area contributed by atoms with Crippen LogP contribution in [0.1, 0.15) is 37.3 Å². The van der Waals surface area contributed by atoms with Crippen molar-refractivity contribution >= 4 is 17.5 Å². The first-order valence-electron chi connectivity index (χ1n) is 8.08. The molecule has 5 nitrogen and oxygen atoms in total. The third-order valence-electron chi connectivity index (χ3n) is 4.20. The van der Waals surface area contributed by atoms with Crippen LogP contribution < -0.4 is 10.2 Å². The average Bonchev–Trinajstić information content (AvgIpc) is 2.58. The van der Waals surface area contributed by atoms with E-state index < -0.39 is 0 Å². The second kappa shape index (κ2) is 6.73. The second-order valence-corrected chi connectivity index (χ2v) is 5.77. The first kappa shape index (κ1) is 14.8. The summed E-state index contributed by atoms with van der Waals surface area (Å²) >= 11 is 0. The molecule has 0 amide bonds. The van der Waals surface area contributed by atoms with Crippen molar-refractivity contribution in [3.8, 4) is 0 Å². The molecule has 0 radical (unpaired) electrons. The zero-order valence-corrected chi connectivity index (χ0v) is 13.3. The number of anilines is 3. The summed E-state index contributed by atoms with van der Waals surface area (Å²) in [6.07, 6.45) is 6.50. The van der Waals surface area contributed by atoms with E-state index in [1.54, 1.807) is 6.20 Å². The molecule has 22 heavy (non-hydrogen) atoms. The van der Waals surface area contributed by atoms with Gasteiger partial charge in [-0.25, -0.2) is 0 Å². The maximum Gasteiger partial charge on any atom is 0.249 e. The lowest BCUT2D eigenvalue weighted by atomic mass is 10.1. The standard InChI is InChI=1S/C17H23N5/c1-3-14-9-7-8-13(2)16(14)20-17-19-15(12-18-21-17)22-10-5-4-6-11-22/h7-9,12H,3-6,10-11H2,1-2H3,(H,19,20,21). The number of rotatable bonds is 4. The molecule has 1 aliphatic rings. The molecule has 0 bridgehead atoms. The Morgan fingerprint density at radius 3 is 2.77 bits per heavy atom. The summed E-state index contributed by atoms with van der Waals surface area (Å²) in [5.74, 6) is 1.50. The van der Waals surface area contributed by atoms with Crippen LogP contribution in [-0.2, 0) is 6.42 Å². The Morgan fingerprint density at radius 1 is 1.18 bits per heavy atom. The molecule has 1 aromatic heterocycles. The summed E-state index contributed by atoms with van der Waals surface area (Å²) in [6, 6.07) is 6.32. The van der Waals surface area contributed by atoms with Gasteiger partial charge >= 0.3 is 0 Å². The lowest BCUT2D eigenvalue weighted by Crippen LogP contribution is -2.30. The van der Waals surface area contributed by atoms with E-state index in [0.717, 1.165) is 31.0 Å². The summed E-state index contributed by atoms with van der Waals surface area (Å²) in [5.41, 5.74) is 3.57. The molecule has 116 valence electrons. The van der Waals surface area contributed by atoms with Gasteiger partial charge in [-0.05, 0) is 43.7 Å². The largest absolute Gasteiger partial charge is 0.355 e. The topological polar surface area (TPSA) is 53.9 Å². The van der Waals surface area contributed by atoms with Gasteiger partial charge in [0.15, 0.2) is 5.82 Å². The molecule has 1 aromatic carbocycles. The van der Waals surface area contributed by atoms with Gasteiger partial charge in [-0.15, -0.1) is 5.10 Å². The van der Waals surface area contributed by atoms with Crippen LogP contribution in [0.5, 0.6) is 0 Å². The number of aryl methyl sites for hydroxylation is 2. The zero-order valence-electron chi connectivity index (χ0n) is 13.3. The molecule has 1 fully saturated rings. The number of hydrogen-bond acceptors (Lipinski definition) is 5. The fourth-order valence-electron chi connectivity index (χ4n) is 2.94. The number of aromatic nitrogens is 3. The van der Waals surface area contributed by atoms with E-state index in [9.17, 15) is 0 Å². The number of para-hydroxylation sites is 1. The van der Waals surface area contributed by atoms with Crippen molar-refractivity contribution in [2.24, 2.45) is 0 Å². The third-order valence-corrected chi connectivity index (χ3v) is 4.20. The lowest BCUT2D eigenvalue weighted by Gasteiger charge is -2.27. The monoisotopic (exact) mass is 297 g/mol. The first-order chi connectivity index (χ1) is 10.8. The molecule has 3 rings (SSSR count). The van der Waals surface area contributed by atoms with Crippen LogP contribution in [0.15, 0.2) is 24.4 Å². The minimum absolute atomic E-state index is 0.576. The Balaban J connectivity index is 1.84. The van der Waals surface area contributed by atoms with Gasteiger partial charge in [0.25, 0.3) is 0 Å². The maximum atomic E-state index is 4.65. The van der Waals surface area contributed by atoms with E-state index in [1.807, 2.05) is 0 Å². The Hall–Kier alpha value is -2.17. The van der Waals surface area contributed by atoms with E-state index in [2.05, 4.69) is 57.4 Å². The molecule has 1 N–H and O–H groups in total. The van der Waals surface area contributed by atoms with Crippen molar-refractivity contribution in [1.82, 2.24) is 15.2 Å². The summed E-state index contributed by atoms with van der Waals surface area (Å²) in [5, 5.41) is 11.6. The minimum atomic E-state index is 0.576. The molecule has 0 spiro atoms. The average molecular weight is 297 g/mol. The molecule has 0 saturated carbocycles. The Kier molecular flexibility index (Phi) is 4.51. The molecule has 0 aliphatic carbocycles. The highest BCUT2D eigenvalue weighted by atomic mass is 15.3. The van der Waals surface area contributed by atoms with E-state index >= 15 is 0 Å². The van der Waals surface area contributed by atoms with Crippen LogP contribution in [0, 0.1) is 6.92 Å². The van der Waals surface area contributed by atoms with Crippen LogP contribution in [0.3, 0.4) is 0 Å². The quantitative estimate of drug-likeness (QED) is 0.936. The van der Waals surface area contributed by atoms with Crippen molar-refractivity contribution < 1.29 is 0 Å². The van der Waals surface area contributed by atoms with Gasteiger partial charge in [0.05, 0.1) is 6.20 Å². The van der Waals surface area contributed by atoms with Gasteiger partial charge in [-0.1, -0.05) is 25.1 Å². The third kappa shape index (κ3) is 3.18. The second-order valence-electron chi connectivity index (χ2n) is 5.77. The number of hydrogen-bond donors (Lipinski definition) is 1. The summed E-state index contributed by atoms with van der Waals surface area (Å²) in [7, 11) is 0. The lowest BCUT2D eigenvalue weighted by molar-refractivity contribution is 0.572. The van der Waals surface area contributed by atoms with Crippen LogP contribution in [-0.4, -0.2) is 28.3 Å². The molecule has 1 aliphatic heterocycles. The van der Waals surface area contributed by atoms with E-state index in [0.29, 0.717) is 5.95 Å². The molecular formula is C17H23N5. The number of nitrogens with one attached hydrogen (secondary N) is 1. The first-order valence-corrected chi connectivity index (χ1v) is 8.08. The molecule has 1 saturated heterocycles. The van der Waals surface area contributed by atoms with Crippen molar-refractivity contribution in [3.05, 3.63) is 35.5 Å². The van der Waals surface area contributed by atoms with Gasteiger partial charge in [0.2, 0.25) is 5.95 Å². The smallest absolute Gasteiger partial charge is 0.249 e. The Bertz CT molecular complexity index is 635. The molecule has 0 unspecified atom stereocenters. The fourth-order valence-corrected chi connectivity index (χ4v) is 2.94. The zero-order chi connectivity index (χ0) is 15.4. The number of piperidine rings is 1. The van der Waals surface area contributed by atoms with Crippen molar-refractivity contribution in [3.63, 3.8) is 0 Å². The number of benzene rings is 1. The normalized spacial score (nSPS) is 14.9. The van der Waals surface area contributed by atoms with Gasteiger partial charge in [-0.3, -0.25) is 0 Å². The van der Waals surface area contributed by atoms with Crippen molar-refractivity contribution in [2.75, 3.05) is 23.3 Å². The molecular weight excluding hydrogens is 274 g/mol. The Morgan fingerprint density at radius 2 is 2.00 bits per heavy atom. The SMILES string of the molecule is CCc1cccc(C)c1Nc1nncc(N2CCCCC2)n1. The molecule has 5 heteroatoms. The highest BCUT2D eigenvalue weighted by Crippen LogP contribution is 2.24. The van der Waals surface area contributed by atoms with Crippen LogP contribution in [0.4, 0.5) is 17.5 Å². The van der Waals surface area contributed by atoms with Crippen LogP contribution in [0.2, 0.25) is 0 Å². The Labute approximate surface area is 131 Å². The van der Waals surface area contributed by atoms with Gasteiger partial charge in [0, 0.05) is 18.8 Å². The maximum absolute atomic E-state index is 4.65. The van der Waals surface area contributed by atoms with Gasteiger partial charge < -0.3 is 10.2 Å². The van der Waals surface area contributed by atoms with Crippen molar-refractivity contribution in [2.45, 2.75) is 39.5 Å². The predicted octanol–water partition coefficient (Wildman–Crippen LogP) is 3.48. The highest BCUT2D eigenvalue weighted by Gasteiger charge is 2.14. The summed E-state index contributed by atoms with van der Waals surface area (Å²) in [4.78, 5) is 6.94. The summed E-state index contributed by atoms with van der Waals surface area (Å²) < 4.78 is 0. The molecule has 2 heterocycles. The van der Waals surface area contributed by atoms with Crippen LogP contribution in [0.25, 0.3) is 0 Å². The summed E-state index contributed by atoms with van der Waals surface area (Å²) in [6.45, 7) is 6.37. The molecule has 2 aromatic rings.